The molecule has 1 aromatic carbocycles. The standard InChI is InChI=1S/C14H23BrN2/c1-3-4-9-16-10-11-17(2)12-13-5-7-14(15)8-6-13/h5-8,16H,3-4,9-12H2,1-2H3. The van der Waals surface area contributed by atoms with Crippen LogP contribution in [0.1, 0.15) is 25.3 Å². The molecule has 0 fully saturated rings. The summed E-state index contributed by atoms with van der Waals surface area (Å²) in [7, 11) is 2.17. The van der Waals surface area contributed by atoms with E-state index in [1.54, 1.807) is 0 Å². The molecule has 0 atom stereocenters. The topological polar surface area (TPSA) is 15.3 Å². The lowest BCUT2D eigenvalue weighted by Gasteiger charge is -2.17. The number of benzene rings is 1. The fourth-order valence-electron chi connectivity index (χ4n) is 1.68. The molecule has 1 N–H and O–H groups in total. The summed E-state index contributed by atoms with van der Waals surface area (Å²) < 4.78 is 1.14. The van der Waals surface area contributed by atoms with Gasteiger partial charge in [-0.25, -0.2) is 0 Å². The second-order valence-electron chi connectivity index (χ2n) is 4.47. The molecule has 0 aromatic heterocycles. The van der Waals surface area contributed by atoms with Crippen molar-refractivity contribution in [1.29, 1.82) is 0 Å². The highest BCUT2D eigenvalue weighted by Gasteiger charge is 1.99. The van der Waals surface area contributed by atoms with Gasteiger partial charge in [-0.2, -0.15) is 0 Å². The van der Waals surface area contributed by atoms with Gasteiger partial charge in [0.2, 0.25) is 0 Å². The lowest BCUT2D eigenvalue weighted by Crippen LogP contribution is -2.29. The van der Waals surface area contributed by atoms with Crippen molar-refractivity contribution in [3.05, 3.63) is 34.3 Å². The van der Waals surface area contributed by atoms with Crippen LogP contribution in [0.3, 0.4) is 0 Å². The van der Waals surface area contributed by atoms with Gasteiger partial charge in [0.05, 0.1) is 0 Å². The van der Waals surface area contributed by atoms with Gasteiger partial charge in [0, 0.05) is 24.1 Å². The number of unbranched alkanes of at least 4 members (excludes halogenated alkanes) is 1. The van der Waals surface area contributed by atoms with Gasteiger partial charge in [-0.3, -0.25) is 0 Å². The van der Waals surface area contributed by atoms with Crippen LogP contribution in [0.15, 0.2) is 28.7 Å². The Balaban J connectivity index is 2.16. The van der Waals surface area contributed by atoms with Crippen molar-refractivity contribution in [2.24, 2.45) is 0 Å². The zero-order valence-electron chi connectivity index (χ0n) is 10.9. The maximum atomic E-state index is 3.46. The van der Waals surface area contributed by atoms with Crippen LogP contribution in [0.2, 0.25) is 0 Å². The summed E-state index contributed by atoms with van der Waals surface area (Å²) in [6.07, 6.45) is 2.54. The van der Waals surface area contributed by atoms with E-state index in [-0.39, 0.29) is 0 Å². The van der Waals surface area contributed by atoms with Gasteiger partial charge in [-0.1, -0.05) is 41.4 Å². The van der Waals surface area contributed by atoms with Crippen molar-refractivity contribution in [3.8, 4) is 0 Å². The molecule has 3 heteroatoms. The van der Waals surface area contributed by atoms with Crippen LogP contribution >= 0.6 is 15.9 Å². The molecule has 1 aromatic rings. The minimum atomic E-state index is 1.02. The van der Waals surface area contributed by atoms with Crippen molar-refractivity contribution in [3.63, 3.8) is 0 Å². The molecule has 0 saturated carbocycles. The van der Waals surface area contributed by atoms with Gasteiger partial charge in [-0.05, 0) is 37.7 Å². The third-order valence-electron chi connectivity index (χ3n) is 2.74. The average molecular weight is 299 g/mol. The highest BCUT2D eigenvalue weighted by molar-refractivity contribution is 9.10. The highest BCUT2D eigenvalue weighted by atomic mass is 79.9. The van der Waals surface area contributed by atoms with E-state index in [4.69, 9.17) is 0 Å². The number of nitrogens with zero attached hydrogens (tertiary/aromatic N) is 1. The van der Waals surface area contributed by atoms with Crippen LogP contribution in [0.5, 0.6) is 0 Å². The van der Waals surface area contributed by atoms with Crippen LogP contribution in [0.25, 0.3) is 0 Å². The largest absolute Gasteiger partial charge is 0.315 e. The number of likely N-dealkylation sites (N-methyl/N-ethyl adjacent to an activating group) is 1. The fourth-order valence-corrected chi connectivity index (χ4v) is 1.94. The number of hydrogen-bond donors (Lipinski definition) is 1. The Hall–Kier alpha value is -0.380. The van der Waals surface area contributed by atoms with Gasteiger partial charge < -0.3 is 10.2 Å². The monoisotopic (exact) mass is 298 g/mol. The number of rotatable bonds is 8. The number of hydrogen-bond acceptors (Lipinski definition) is 2. The maximum absolute atomic E-state index is 3.46. The van der Waals surface area contributed by atoms with Gasteiger partial charge in [-0.15, -0.1) is 0 Å². The summed E-state index contributed by atoms with van der Waals surface area (Å²) in [4.78, 5) is 2.35. The second-order valence-corrected chi connectivity index (χ2v) is 5.38. The van der Waals surface area contributed by atoms with Gasteiger partial charge in [0.25, 0.3) is 0 Å². The molecule has 0 unspecified atom stereocenters. The third kappa shape index (κ3) is 6.81. The Morgan fingerprint density at radius 1 is 1.18 bits per heavy atom. The van der Waals surface area contributed by atoms with Crippen molar-refractivity contribution < 1.29 is 0 Å². The van der Waals surface area contributed by atoms with Crippen LogP contribution in [-0.2, 0) is 6.54 Å². The Morgan fingerprint density at radius 2 is 1.88 bits per heavy atom. The summed E-state index contributed by atoms with van der Waals surface area (Å²) in [6.45, 7) is 6.56. The molecule has 0 aliphatic heterocycles. The molecule has 0 bridgehead atoms. The first-order valence-electron chi connectivity index (χ1n) is 6.36. The SMILES string of the molecule is CCCCNCCN(C)Cc1ccc(Br)cc1. The molecule has 0 radical (unpaired) electrons. The highest BCUT2D eigenvalue weighted by Crippen LogP contribution is 2.11. The first-order valence-corrected chi connectivity index (χ1v) is 7.15. The fraction of sp³-hybridized carbons (Fsp3) is 0.571. The van der Waals surface area contributed by atoms with Gasteiger partial charge >= 0.3 is 0 Å². The summed E-state index contributed by atoms with van der Waals surface area (Å²) in [5.74, 6) is 0. The molecule has 0 aliphatic rings. The Morgan fingerprint density at radius 3 is 2.53 bits per heavy atom. The zero-order chi connectivity index (χ0) is 12.5. The smallest absolute Gasteiger partial charge is 0.0231 e. The van der Waals surface area contributed by atoms with E-state index in [1.165, 1.54) is 18.4 Å². The van der Waals surface area contributed by atoms with Crippen molar-refractivity contribution in [2.45, 2.75) is 26.3 Å². The van der Waals surface area contributed by atoms with E-state index in [9.17, 15) is 0 Å². The quantitative estimate of drug-likeness (QED) is 0.741. The van der Waals surface area contributed by atoms with E-state index in [0.29, 0.717) is 0 Å². The van der Waals surface area contributed by atoms with Crippen LogP contribution in [0, 0.1) is 0 Å². The van der Waals surface area contributed by atoms with Crippen molar-refractivity contribution >= 4 is 15.9 Å². The van der Waals surface area contributed by atoms with Gasteiger partial charge in [0.1, 0.15) is 0 Å². The van der Waals surface area contributed by atoms with Crippen molar-refractivity contribution in [2.75, 3.05) is 26.7 Å². The summed E-state index contributed by atoms with van der Waals surface area (Å²) in [6, 6.07) is 8.54. The molecule has 2 nitrogen and oxygen atoms in total. The van der Waals surface area contributed by atoms with Crippen LogP contribution in [-0.4, -0.2) is 31.6 Å². The van der Waals surface area contributed by atoms with E-state index >= 15 is 0 Å². The normalized spacial score (nSPS) is 11.1. The zero-order valence-corrected chi connectivity index (χ0v) is 12.5. The molecular formula is C14H23BrN2. The summed E-state index contributed by atoms with van der Waals surface area (Å²) in [5, 5.41) is 3.46. The van der Waals surface area contributed by atoms with E-state index in [2.05, 4.69) is 64.4 Å². The second kappa shape index (κ2) is 8.67. The summed E-state index contributed by atoms with van der Waals surface area (Å²) >= 11 is 3.45. The molecule has 0 saturated heterocycles. The molecule has 17 heavy (non-hydrogen) atoms. The molecule has 0 aliphatic carbocycles. The molecule has 1 rings (SSSR count). The number of halogens is 1. The lowest BCUT2D eigenvalue weighted by atomic mass is 10.2. The predicted molar refractivity (Wildman–Crippen MR) is 78.3 cm³/mol. The molecule has 96 valence electrons. The number of nitrogens with one attached hydrogen (secondary N) is 1. The van der Waals surface area contributed by atoms with Crippen LogP contribution in [0.4, 0.5) is 0 Å². The first-order chi connectivity index (χ1) is 8.22. The van der Waals surface area contributed by atoms with Gasteiger partial charge in [0.15, 0.2) is 0 Å². The van der Waals surface area contributed by atoms with E-state index in [0.717, 1.165) is 30.7 Å². The lowest BCUT2D eigenvalue weighted by molar-refractivity contribution is 0.324. The average Bonchev–Trinajstić information content (AvgIpc) is 2.32. The summed E-state index contributed by atoms with van der Waals surface area (Å²) in [5.41, 5.74) is 1.37. The Labute approximate surface area is 114 Å². The Kier molecular flexibility index (Phi) is 7.49. The van der Waals surface area contributed by atoms with E-state index in [1.807, 2.05) is 0 Å². The molecule has 0 heterocycles. The molecule has 0 amide bonds. The minimum Gasteiger partial charge on any atom is -0.315 e. The third-order valence-corrected chi connectivity index (χ3v) is 3.27. The molecular weight excluding hydrogens is 276 g/mol. The van der Waals surface area contributed by atoms with E-state index < -0.39 is 0 Å². The van der Waals surface area contributed by atoms with Crippen molar-refractivity contribution in [1.82, 2.24) is 10.2 Å². The first kappa shape index (κ1) is 14.7. The maximum Gasteiger partial charge on any atom is 0.0231 e. The Bertz CT molecular complexity index is 298. The molecule has 0 spiro atoms. The predicted octanol–water partition coefficient (Wildman–Crippen LogP) is 3.27. The minimum absolute atomic E-state index is 1.02. The van der Waals surface area contributed by atoms with Crippen LogP contribution < -0.4 is 5.32 Å².